The van der Waals surface area contributed by atoms with Crippen LogP contribution in [0.3, 0.4) is 0 Å². The Morgan fingerprint density at radius 3 is 2.42 bits per heavy atom. The Bertz CT molecular complexity index is 491. The summed E-state index contributed by atoms with van der Waals surface area (Å²) in [5.41, 5.74) is 1.07. The van der Waals surface area contributed by atoms with Crippen LogP contribution in [0.2, 0.25) is 0 Å². The van der Waals surface area contributed by atoms with Crippen LogP contribution < -0.4 is 9.62 Å². The Hall–Kier alpha value is -0.910. The Labute approximate surface area is 115 Å². The molecule has 4 nitrogen and oxygen atoms in total. The standard InChI is InChI=1S/C14H22N2O2S/c1-13-5-7-14(8-6-13)19(17,18)15-9-4-12-16-10-2-3-11-16/h5-8,15H,2-4,9-12H2,1H3/p+1. The summed E-state index contributed by atoms with van der Waals surface area (Å²) >= 11 is 0. The van der Waals surface area contributed by atoms with Crippen molar-refractivity contribution >= 4 is 10.0 Å². The molecular formula is C14H23N2O2S+. The van der Waals surface area contributed by atoms with Crippen LogP contribution in [0.4, 0.5) is 0 Å². The van der Waals surface area contributed by atoms with Gasteiger partial charge in [0.1, 0.15) is 0 Å². The monoisotopic (exact) mass is 283 g/mol. The largest absolute Gasteiger partial charge is 0.335 e. The average Bonchev–Trinajstić information content (AvgIpc) is 2.88. The number of quaternary nitrogens is 1. The van der Waals surface area contributed by atoms with Gasteiger partial charge < -0.3 is 4.90 Å². The first-order valence-electron chi connectivity index (χ1n) is 6.98. The molecule has 0 atom stereocenters. The molecule has 1 heterocycles. The van der Waals surface area contributed by atoms with Crippen LogP contribution in [0.5, 0.6) is 0 Å². The highest BCUT2D eigenvalue weighted by Crippen LogP contribution is 2.09. The van der Waals surface area contributed by atoms with Crippen LogP contribution >= 0.6 is 0 Å². The van der Waals surface area contributed by atoms with E-state index in [1.54, 1.807) is 17.0 Å². The van der Waals surface area contributed by atoms with E-state index in [0.717, 1.165) is 18.5 Å². The molecule has 106 valence electrons. The minimum absolute atomic E-state index is 0.353. The van der Waals surface area contributed by atoms with Crippen molar-refractivity contribution in [3.05, 3.63) is 29.8 Å². The van der Waals surface area contributed by atoms with Gasteiger partial charge >= 0.3 is 0 Å². The van der Waals surface area contributed by atoms with Crippen molar-refractivity contribution in [3.63, 3.8) is 0 Å². The maximum absolute atomic E-state index is 12.0. The van der Waals surface area contributed by atoms with Gasteiger partial charge in [0.05, 0.1) is 24.5 Å². The summed E-state index contributed by atoms with van der Waals surface area (Å²) in [7, 11) is -3.33. The third-order valence-corrected chi connectivity index (χ3v) is 5.12. The predicted octanol–water partition coefficient (Wildman–Crippen LogP) is 0.342. The molecule has 0 amide bonds. The van der Waals surface area contributed by atoms with Crippen molar-refractivity contribution in [2.24, 2.45) is 0 Å². The molecule has 0 unspecified atom stereocenters. The maximum atomic E-state index is 12.0. The van der Waals surface area contributed by atoms with Crippen molar-refractivity contribution in [1.29, 1.82) is 0 Å². The van der Waals surface area contributed by atoms with Crippen LogP contribution in [0, 0.1) is 6.92 Å². The van der Waals surface area contributed by atoms with Gasteiger partial charge in [0, 0.05) is 25.8 Å². The third-order valence-electron chi connectivity index (χ3n) is 3.64. The molecule has 0 aromatic heterocycles. The normalized spacial score (nSPS) is 16.9. The first-order valence-corrected chi connectivity index (χ1v) is 8.46. The molecule has 0 aliphatic carbocycles. The quantitative estimate of drug-likeness (QED) is 0.740. The molecule has 1 aromatic rings. The van der Waals surface area contributed by atoms with Gasteiger partial charge in [0.15, 0.2) is 0 Å². The van der Waals surface area contributed by atoms with Gasteiger partial charge in [0.25, 0.3) is 0 Å². The molecule has 1 aromatic carbocycles. The summed E-state index contributed by atoms with van der Waals surface area (Å²) < 4.78 is 26.7. The lowest BCUT2D eigenvalue weighted by atomic mass is 10.2. The average molecular weight is 283 g/mol. The fourth-order valence-electron chi connectivity index (χ4n) is 2.47. The summed E-state index contributed by atoms with van der Waals surface area (Å²) in [6, 6.07) is 6.96. The fourth-order valence-corrected chi connectivity index (χ4v) is 3.54. The van der Waals surface area contributed by atoms with E-state index in [1.807, 2.05) is 19.1 Å². The van der Waals surface area contributed by atoms with Gasteiger partial charge in [-0.25, -0.2) is 13.1 Å². The lowest BCUT2D eigenvalue weighted by Crippen LogP contribution is -3.10. The molecule has 19 heavy (non-hydrogen) atoms. The van der Waals surface area contributed by atoms with Crippen LogP contribution in [0.25, 0.3) is 0 Å². The second kappa shape index (κ2) is 6.50. The Kier molecular flexibility index (Phi) is 4.96. The molecule has 1 saturated heterocycles. The summed E-state index contributed by atoms with van der Waals surface area (Å²) in [6.45, 7) is 6.02. The van der Waals surface area contributed by atoms with Crippen LogP contribution in [0.1, 0.15) is 24.8 Å². The topological polar surface area (TPSA) is 50.6 Å². The van der Waals surface area contributed by atoms with Crippen molar-refractivity contribution in [1.82, 2.24) is 4.72 Å². The van der Waals surface area contributed by atoms with E-state index in [0.29, 0.717) is 11.4 Å². The molecule has 0 bridgehead atoms. The zero-order valence-corrected chi connectivity index (χ0v) is 12.3. The van der Waals surface area contributed by atoms with E-state index in [2.05, 4.69) is 4.72 Å². The summed E-state index contributed by atoms with van der Waals surface area (Å²) in [5, 5.41) is 0. The van der Waals surface area contributed by atoms with Gasteiger partial charge in [-0.3, -0.25) is 0 Å². The summed E-state index contributed by atoms with van der Waals surface area (Å²) in [5.74, 6) is 0. The molecular weight excluding hydrogens is 260 g/mol. The second-order valence-corrected chi connectivity index (χ2v) is 7.04. The van der Waals surface area contributed by atoms with E-state index in [4.69, 9.17) is 0 Å². The molecule has 1 fully saturated rings. The smallest absolute Gasteiger partial charge is 0.240 e. The van der Waals surface area contributed by atoms with Crippen LogP contribution in [-0.4, -0.2) is 34.6 Å². The molecule has 0 spiro atoms. The SMILES string of the molecule is Cc1ccc(S(=O)(=O)NCCC[NH+]2CCCC2)cc1. The molecule has 2 rings (SSSR count). The zero-order chi connectivity index (χ0) is 13.7. The van der Waals surface area contributed by atoms with E-state index in [9.17, 15) is 8.42 Å². The maximum Gasteiger partial charge on any atom is 0.240 e. The lowest BCUT2D eigenvalue weighted by Gasteiger charge is -2.12. The molecule has 5 heteroatoms. The number of rotatable bonds is 6. The predicted molar refractivity (Wildman–Crippen MR) is 75.8 cm³/mol. The Morgan fingerprint density at radius 1 is 1.16 bits per heavy atom. The van der Waals surface area contributed by atoms with E-state index < -0.39 is 10.0 Å². The first kappa shape index (κ1) is 14.5. The van der Waals surface area contributed by atoms with E-state index in [-0.39, 0.29) is 0 Å². The summed E-state index contributed by atoms with van der Waals surface area (Å²) in [6.07, 6.45) is 3.52. The number of nitrogens with one attached hydrogen (secondary N) is 2. The van der Waals surface area contributed by atoms with Crippen molar-refractivity contribution < 1.29 is 13.3 Å². The highest BCUT2D eigenvalue weighted by Gasteiger charge is 2.16. The number of likely N-dealkylation sites (tertiary alicyclic amines) is 1. The minimum Gasteiger partial charge on any atom is -0.335 e. The van der Waals surface area contributed by atoms with Gasteiger partial charge in [0.2, 0.25) is 10.0 Å². The van der Waals surface area contributed by atoms with E-state index in [1.165, 1.54) is 25.9 Å². The molecule has 0 radical (unpaired) electrons. The third kappa shape index (κ3) is 4.30. The molecule has 2 N–H and O–H groups in total. The van der Waals surface area contributed by atoms with Crippen molar-refractivity contribution in [2.75, 3.05) is 26.2 Å². The highest BCUT2D eigenvalue weighted by atomic mass is 32.2. The molecule has 1 aliphatic rings. The Balaban J connectivity index is 1.79. The molecule has 1 aliphatic heterocycles. The number of hydrogen-bond donors (Lipinski definition) is 2. The fraction of sp³-hybridized carbons (Fsp3) is 0.571. The minimum atomic E-state index is -3.33. The first-order chi connectivity index (χ1) is 9.08. The van der Waals surface area contributed by atoms with Crippen molar-refractivity contribution in [3.8, 4) is 0 Å². The number of aryl methyl sites for hydroxylation is 1. The van der Waals surface area contributed by atoms with Crippen LogP contribution in [-0.2, 0) is 10.0 Å². The number of hydrogen-bond acceptors (Lipinski definition) is 2. The van der Waals surface area contributed by atoms with Gasteiger partial charge in [-0.15, -0.1) is 0 Å². The highest BCUT2D eigenvalue weighted by molar-refractivity contribution is 7.89. The van der Waals surface area contributed by atoms with Gasteiger partial charge in [-0.1, -0.05) is 17.7 Å². The number of sulfonamides is 1. The van der Waals surface area contributed by atoms with Gasteiger partial charge in [-0.05, 0) is 19.1 Å². The Morgan fingerprint density at radius 2 is 1.79 bits per heavy atom. The van der Waals surface area contributed by atoms with Crippen LogP contribution in [0.15, 0.2) is 29.2 Å². The second-order valence-electron chi connectivity index (χ2n) is 5.27. The summed E-state index contributed by atoms with van der Waals surface area (Å²) in [4.78, 5) is 1.96. The van der Waals surface area contributed by atoms with E-state index >= 15 is 0 Å². The van der Waals surface area contributed by atoms with Gasteiger partial charge in [-0.2, -0.15) is 0 Å². The number of benzene rings is 1. The zero-order valence-electron chi connectivity index (χ0n) is 11.5. The molecule has 0 saturated carbocycles. The lowest BCUT2D eigenvalue weighted by molar-refractivity contribution is -0.887. The van der Waals surface area contributed by atoms with Crippen molar-refractivity contribution in [2.45, 2.75) is 31.1 Å².